The van der Waals surface area contributed by atoms with E-state index < -0.39 is 0 Å². The van der Waals surface area contributed by atoms with Crippen LogP contribution in [0, 0.1) is 0 Å². The minimum Gasteiger partial charge on any atom is -0.467 e. The molecule has 2 heterocycles. The summed E-state index contributed by atoms with van der Waals surface area (Å²) in [5.41, 5.74) is 1.74. The summed E-state index contributed by atoms with van der Waals surface area (Å²) in [7, 11) is 0. The molecule has 0 spiro atoms. The summed E-state index contributed by atoms with van der Waals surface area (Å²) in [5, 5.41) is 6.08. The van der Waals surface area contributed by atoms with E-state index in [9.17, 15) is 4.79 Å². The van der Waals surface area contributed by atoms with Crippen molar-refractivity contribution in [3.05, 3.63) is 103 Å². The monoisotopic (exact) mass is 385 g/mol. The first-order valence-electron chi connectivity index (χ1n) is 9.12. The molecule has 2 N–H and O–H groups in total. The minimum absolute atomic E-state index is 0.275. The van der Waals surface area contributed by atoms with E-state index in [4.69, 9.17) is 9.15 Å². The van der Waals surface area contributed by atoms with E-state index in [0.717, 1.165) is 11.4 Å². The Morgan fingerprint density at radius 3 is 2.62 bits per heavy atom. The molecule has 2 aromatic heterocycles. The number of nitrogens with one attached hydrogen (secondary N) is 2. The molecule has 0 atom stereocenters. The molecule has 0 saturated heterocycles. The van der Waals surface area contributed by atoms with E-state index in [1.54, 1.807) is 24.6 Å². The minimum atomic E-state index is -0.275. The van der Waals surface area contributed by atoms with Crippen molar-refractivity contribution in [2.45, 2.75) is 6.54 Å². The molecule has 0 bridgehead atoms. The van der Waals surface area contributed by atoms with Crippen molar-refractivity contribution in [3.63, 3.8) is 0 Å². The number of hydrogen-bond acceptors (Lipinski definition) is 5. The van der Waals surface area contributed by atoms with Gasteiger partial charge in [-0.2, -0.15) is 0 Å². The van der Waals surface area contributed by atoms with Crippen LogP contribution in [0.4, 0.5) is 11.4 Å². The number of ether oxygens (including phenoxy) is 1. The number of rotatable bonds is 7. The highest BCUT2D eigenvalue weighted by atomic mass is 16.5. The fourth-order valence-electron chi connectivity index (χ4n) is 2.73. The van der Waals surface area contributed by atoms with Gasteiger partial charge in [0.15, 0.2) is 5.75 Å². The molecule has 0 saturated carbocycles. The first-order chi connectivity index (χ1) is 14.3. The van der Waals surface area contributed by atoms with Crippen LogP contribution in [0.25, 0.3) is 0 Å². The van der Waals surface area contributed by atoms with Crippen molar-refractivity contribution in [1.29, 1.82) is 0 Å². The van der Waals surface area contributed by atoms with Crippen molar-refractivity contribution in [3.8, 4) is 11.5 Å². The number of carbonyl (C=O) groups excluding carboxylic acids is 1. The third-order valence-electron chi connectivity index (χ3n) is 4.15. The van der Waals surface area contributed by atoms with E-state index in [0.29, 0.717) is 29.3 Å². The normalized spacial score (nSPS) is 10.3. The van der Waals surface area contributed by atoms with Gasteiger partial charge in [-0.1, -0.05) is 30.3 Å². The van der Waals surface area contributed by atoms with Gasteiger partial charge in [0.25, 0.3) is 5.91 Å². The van der Waals surface area contributed by atoms with Crippen LogP contribution in [-0.4, -0.2) is 10.9 Å². The number of aromatic nitrogens is 1. The zero-order valence-electron chi connectivity index (χ0n) is 15.5. The number of pyridine rings is 1. The molecule has 0 unspecified atom stereocenters. The van der Waals surface area contributed by atoms with Gasteiger partial charge in [-0.15, -0.1) is 0 Å². The second-order valence-electron chi connectivity index (χ2n) is 6.26. The standard InChI is InChI=1S/C23H19N3O3/c27-23(17-13-18(15-24-14-17)25-16-20-9-6-12-28-20)26-21-10-4-5-11-22(21)29-19-7-2-1-3-8-19/h1-15,25H,16H2,(H,26,27). The molecule has 0 aliphatic carbocycles. The molecule has 4 aromatic rings. The van der Waals surface area contributed by atoms with E-state index in [1.807, 2.05) is 60.7 Å². The summed E-state index contributed by atoms with van der Waals surface area (Å²) < 4.78 is 11.2. The summed E-state index contributed by atoms with van der Waals surface area (Å²) in [6.07, 6.45) is 4.80. The fraction of sp³-hybridized carbons (Fsp3) is 0.0435. The zero-order valence-corrected chi connectivity index (χ0v) is 15.5. The van der Waals surface area contributed by atoms with E-state index in [-0.39, 0.29) is 5.91 Å². The van der Waals surface area contributed by atoms with Crippen LogP contribution in [0.2, 0.25) is 0 Å². The molecule has 144 valence electrons. The van der Waals surface area contributed by atoms with Gasteiger partial charge < -0.3 is 19.8 Å². The molecule has 6 heteroatoms. The van der Waals surface area contributed by atoms with Gasteiger partial charge in [0.05, 0.1) is 29.7 Å². The van der Waals surface area contributed by atoms with Crippen molar-refractivity contribution < 1.29 is 13.9 Å². The smallest absolute Gasteiger partial charge is 0.257 e. The van der Waals surface area contributed by atoms with Crippen molar-refractivity contribution in [2.75, 3.05) is 10.6 Å². The van der Waals surface area contributed by atoms with Crippen LogP contribution in [-0.2, 0) is 6.54 Å². The Bertz CT molecular complexity index is 1080. The molecule has 1 amide bonds. The Balaban J connectivity index is 1.46. The highest BCUT2D eigenvalue weighted by Crippen LogP contribution is 2.29. The first-order valence-corrected chi connectivity index (χ1v) is 9.12. The van der Waals surface area contributed by atoms with Gasteiger partial charge >= 0.3 is 0 Å². The van der Waals surface area contributed by atoms with Crippen LogP contribution >= 0.6 is 0 Å². The summed E-state index contributed by atoms with van der Waals surface area (Å²) in [6, 6.07) is 22.2. The highest BCUT2D eigenvalue weighted by Gasteiger charge is 2.11. The van der Waals surface area contributed by atoms with Gasteiger partial charge in [0.2, 0.25) is 0 Å². The quantitative estimate of drug-likeness (QED) is 0.450. The third kappa shape index (κ3) is 4.81. The second-order valence-corrected chi connectivity index (χ2v) is 6.26. The molecule has 2 aromatic carbocycles. The summed E-state index contributed by atoms with van der Waals surface area (Å²) in [5.74, 6) is 1.78. The SMILES string of the molecule is O=C(Nc1ccccc1Oc1ccccc1)c1cncc(NCc2ccco2)c1. The topological polar surface area (TPSA) is 76.4 Å². The average molecular weight is 385 g/mol. The molecule has 29 heavy (non-hydrogen) atoms. The lowest BCUT2D eigenvalue weighted by atomic mass is 10.2. The van der Waals surface area contributed by atoms with Gasteiger partial charge in [0.1, 0.15) is 11.5 Å². The molecule has 0 aliphatic heterocycles. The molecular formula is C23H19N3O3. The molecule has 0 radical (unpaired) electrons. The van der Waals surface area contributed by atoms with Gasteiger partial charge in [-0.25, -0.2) is 0 Å². The summed E-state index contributed by atoms with van der Waals surface area (Å²) in [6.45, 7) is 0.507. The number of nitrogens with zero attached hydrogens (tertiary/aromatic N) is 1. The van der Waals surface area contributed by atoms with E-state index >= 15 is 0 Å². The lowest BCUT2D eigenvalue weighted by Crippen LogP contribution is -2.13. The molecular weight excluding hydrogens is 366 g/mol. The summed E-state index contributed by atoms with van der Waals surface area (Å²) >= 11 is 0. The average Bonchev–Trinajstić information content (AvgIpc) is 3.28. The number of para-hydroxylation sites is 3. The van der Waals surface area contributed by atoms with Crippen LogP contribution < -0.4 is 15.4 Å². The Kier molecular flexibility index (Phi) is 5.53. The predicted molar refractivity (Wildman–Crippen MR) is 111 cm³/mol. The van der Waals surface area contributed by atoms with Crippen molar-refractivity contribution >= 4 is 17.3 Å². The van der Waals surface area contributed by atoms with Gasteiger partial charge in [-0.3, -0.25) is 9.78 Å². The lowest BCUT2D eigenvalue weighted by molar-refractivity contribution is 0.102. The van der Waals surface area contributed by atoms with Crippen molar-refractivity contribution in [1.82, 2.24) is 4.98 Å². The van der Waals surface area contributed by atoms with E-state index in [1.165, 1.54) is 6.20 Å². The Labute approximate surface area is 168 Å². The number of carbonyl (C=O) groups is 1. The molecule has 0 fully saturated rings. The van der Waals surface area contributed by atoms with Gasteiger partial charge in [-0.05, 0) is 42.5 Å². The second kappa shape index (κ2) is 8.75. The maximum Gasteiger partial charge on any atom is 0.257 e. The Morgan fingerprint density at radius 1 is 0.966 bits per heavy atom. The van der Waals surface area contributed by atoms with Crippen LogP contribution in [0.5, 0.6) is 11.5 Å². The van der Waals surface area contributed by atoms with Crippen LogP contribution in [0.3, 0.4) is 0 Å². The molecule has 6 nitrogen and oxygen atoms in total. The van der Waals surface area contributed by atoms with E-state index in [2.05, 4.69) is 15.6 Å². The van der Waals surface area contributed by atoms with Crippen molar-refractivity contribution in [2.24, 2.45) is 0 Å². The van der Waals surface area contributed by atoms with Crippen LogP contribution in [0.1, 0.15) is 16.1 Å². The third-order valence-corrected chi connectivity index (χ3v) is 4.15. The maximum absolute atomic E-state index is 12.8. The Morgan fingerprint density at radius 2 is 1.79 bits per heavy atom. The van der Waals surface area contributed by atoms with Gasteiger partial charge in [0, 0.05) is 12.4 Å². The molecule has 0 aliphatic rings. The number of benzene rings is 2. The fourth-order valence-corrected chi connectivity index (χ4v) is 2.73. The maximum atomic E-state index is 12.8. The number of furan rings is 1. The number of amides is 1. The highest BCUT2D eigenvalue weighted by molar-refractivity contribution is 6.05. The number of anilines is 2. The molecule has 4 rings (SSSR count). The Hall–Kier alpha value is -4.06. The largest absolute Gasteiger partial charge is 0.467 e. The van der Waals surface area contributed by atoms with Crippen LogP contribution in [0.15, 0.2) is 95.9 Å². The first kappa shape index (κ1) is 18.3. The lowest BCUT2D eigenvalue weighted by Gasteiger charge is -2.12. The predicted octanol–water partition coefficient (Wildman–Crippen LogP) is 5.33. The number of hydrogen-bond donors (Lipinski definition) is 2. The summed E-state index contributed by atoms with van der Waals surface area (Å²) in [4.78, 5) is 16.9. The zero-order chi connectivity index (χ0) is 19.9.